The third kappa shape index (κ3) is 11.9. The highest BCUT2D eigenvalue weighted by Crippen LogP contribution is 2.32. The maximum atomic E-state index is 14.3. The largest absolute Gasteiger partial charge is 0.451 e. The number of carbonyl (C=O) groups excluding carboxylic acids is 2. The number of benzene rings is 5. The van der Waals surface area contributed by atoms with Crippen LogP contribution in [0.5, 0.6) is 0 Å². The molecule has 6 rings (SSSR count). The molecule has 9 heteroatoms. The maximum absolute atomic E-state index is 14.3. The van der Waals surface area contributed by atoms with E-state index in [0.717, 1.165) is 27.8 Å². The second-order valence-corrected chi connectivity index (χ2v) is 13.7. The molecule has 5 aromatic carbocycles. The van der Waals surface area contributed by atoms with E-state index in [-0.39, 0.29) is 32.5 Å². The first-order chi connectivity index (χ1) is 26.9. The number of rotatable bonds is 18. The van der Waals surface area contributed by atoms with Crippen molar-refractivity contribution in [2.24, 2.45) is 0 Å². The quantitative estimate of drug-likeness (QED) is 0.0930. The summed E-state index contributed by atoms with van der Waals surface area (Å²) >= 11 is 0. The zero-order chi connectivity index (χ0) is 38.2. The van der Waals surface area contributed by atoms with Crippen LogP contribution in [0.1, 0.15) is 41.7 Å². The van der Waals surface area contributed by atoms with Gasteiger partial charge in [0.25, 0.3) is 5.91 Å². The van der Waals surface area contributed by atoms with Crippen LogP contribution in [0, 0.1) is 0 Å². The van der Waals surface area contributed by atoms with E-state index in [9.17, 15) is 9.59 Å². The van der Waals surface area contributed by atoms with Crippen LogP contribution in [-0.4, -0.2) is 54.7 Å². The molecule has 0 bridgehead atoms. The Hall–Kier alpha value is -5.16. The zero-order valence-corrected chi connectivity index (χ0v) is 31.3. The predicted octanol–water partition coefficient (Wildman–Crippen LogP) is 7.36. The van der Waals surface area contributed by atoms with Crippen molar-refractivity contribution in [3.8, 4) is 0 Å². The first-order valence-corrected chi connectivity index (χ1v) is 18.8. The van der Waals surface area contributed by atoms with E-state index in [1.807, 2.05) is 159 Å². The van der Waals surface area contributed by atoms with Gasteiger partial charge in [0.2, 0.25) is 0 Å². The second-order valence-electron chi connectivity index (χ2n) is 13.7. The van der Waals surface area contributed by atoms with Crippen molar-refractivity contribution < 1.29 is 38.0 Å². The summed E-state index contributed by atoms with van der Waals surface area (Å²) in [5.41, 5.74) is 4.75. The molecule has 286 valence electrons. The zero-order valence-electron chi connectivity index (χ0n) is 31.3. The van der Waals surface area contributed by atoms with E-state index in [0.29, 0.717) is 6.42 Å². The van der Waals surface area contributed by atoms with Crippen LogP contribution >= 0.6 is 0 Å². The average Bonchev–Trinajstić information content (AvgIpc) is 3.22. The lowest BCUT2D eigenvalue weighted by Crippen LogP contribution is -2.63. The van der Waals surface area contributed by atoms with Crippen molar-refractivity contribution >= 4 is 11.9 Å². The van der Waals surface area contributed by atoms with Crippen LogP contribution in [0.2, 0.25) is 0 Å². The lowest BCUT2D eigenvalue weighted by atomic mass is 9.97. The Morgan fingerprint density at radius 3 is 1.36 bits per heavy atom. The molecule has 0 saturated carbocycles. The van der Waals surface area contributed by atoms with E-state index >= 15 is 0 Å². The number of hydrogen-bond donors (Lipinski definition) is 1. The fourth-order valence-corrected chi connectivity index (χ4v) is 6.41. The molecule has 0 aromatic heterocycles. The molecule has 7 atom stereocenters. The summed E-state index contributed by atoms with van der Waals surface area (Å²) in [6.07, 6.45) is -5.62. The van der Waals surface area contributed by atoms with Crippen LogP contribution in [0.3, 0.4) is 0 Å². The number of ether oxygens (including phenoxy) is 6. The molecule has 9 nitrogen and oxygen atoms in total. The van der Waals surface area contributed by atoms with Crippen LogP contribution in [0.25, 0.3) is 0 Å². The highest BCUT2D eigenvalue weighted by molar-refractivity contribution is 5.85. The fourth-order valence-electron chi connectivity index (χ4n) is 6.41. The van der Waals surface area contributed by atoms with Gasteiger partial charge in [0.1, 0.15) is 18.3 Å². The smallest absolute Gasteiger partial charge is 0.339 e. The van der Waals surface area contributed by atoms with Crippen molar-refractivity contribution in [3.05, 3.63) is 179 Å². The average molecular weight is 744 g/mol. The van der Waals surface area contributed by atoms with Crippen molar-refractivity contribution in [1.82, 2.24) is 5.32 Å². The minimum absolute atomic E-state index is 0.151. The third-order valence-corrected chi connectivity index (χ3v) is 9.28. The molecule has 0 aliphatic carbocycles. The van der Waals surface area contributed by atoms with Crippen molar-refractivity contribution in [2.75, 3.05) is 0 Å². The van der Waals surface area contributed by atoms with Gasteiger partial charge in [0, 0.05) is 6.04 Å². The molecule has 0 spiro atoms. The Morgan fingerprint density at radius 1 is 0.527 bits per heavy atom. The summed E-state index contributed by atoms with van der Waals surface area (Å²) in [7, 11) is 0. The third-order valence-electron chi connectivity index (χ3n) is 9.28. The van der Waals surface area contributed by atoms with Gasteiger partial charge in [-0.3, -0.25) is 4.79 Å². The van der Waals surface area contributed by atoms with Crippen molar-refractivity contribution in [3.63, 3.8) is 0 Å². The summed E-state index contributed by atoms with van der Waals surface area (Å²) in [6, 6.07) is 48.5. The Kier molecular flexibility index (Phi) is 14.7. The molecule has 1 saturated heterocycles. The first-order valence-electron chi connectivity index (χ1n) is 18.8. The van der Waals surface area contributed by atoms with Crippen LogP contribution in [0.15, 0.2) is 152 Å². The molecule has 1 aliphatic heterocycles. The maximum Gasteiger partial charge on any atom is 0.339 e. The molecule has 55 heavy (non-hydrogen) atoms. The number of hydrogen-bond acceptors (Lipinski definition) is 8. The predicted molar refractivity (Wildman–Crippen MR) is 208 cm³/mol. The molecule has 1 aliphatic rings. The number of nitrogens with one attached hydrogen (secondary N) is 1. The molecule has 2 unspecified atom stereocenters. The van der Waals surface area contributed by atoms with Gasteiger partial charge in [0.15, 0.2) is 18.5 Å². The molecule has 1 heterocycles. The van der Waals surface area contributed by atoms with Gasteiger partial charge in [-0.05, 0) is 48.1 Å². The standard InChI is InChI=1S/C46H49NO8/c1-33(28-35-18-8-3-9-19-35)47-44(48)34(2)54-45(49)42-40(50-29-36-20-10-4-11-21-36)41(51-30-37-22-12-5-13-23-37)43(52-31-38-24-14-6-15-25-38)46(55-42)53-32-39-26-16-7-17-27-39/h3-27,33-34,40-43,46H,28-32H2,1-2H3,(H,47,48)/t33?,34?,40-,41-,42-,43+,46+/m0/s1. The number of esters is 1. The monoisotopic (exact) mass is 743 g/mol. The van der Waals surface area contributed by atoms with E-state index < -0.39 is 48.7 Å². The van der Waals surface area contributed by atoms with Gasteiger partial charge in [-0.25, -0.2) is 4.79 Å². The number of amides is 1. The first kappa shape index (κ1) is 39.5. The fraction of sp³-hybridized carbons (Fsp3) is 0.304. The molecule has 1 N–H and O–H groups in total. The van der Waals surface area contributed by atoms with Gasteiger partial charge in [0.05, 0.1) is 26.4 Å². The SMILES string of the molecule is CC(Cc1ccccc1)NC(=O)C(C)OC(=O)[C@H]1O[C@@H](OCc2ccccc2)[C@H](OCc2ccccc2)[C@@H](OCc2ccccc2)[C@@H]1OCc1ccccc1. The van der Waals surface area contributed by atoms with Crippen LogP contribution in [-0.2, 0) is 70.9 Å². The lowest BCUT2D eigenvalue weighted by Gasteiger charge is -2.45. The topological polar surface area (TPSA) is 102 Å². The molecular weight excluding hydrogens is 695 g/mol. The summed E-state index contributed by atoms with van der Waals surface area (Å²) in [5.74, 6) is -1.20. The minimum atomic E-state index is -1.33. The lowest BCUT2D eigenvalue weighted by molar-refractivity contribution is -0.323. The Labute approximate surface area is 323 Å². The summed E-state index contributed by atoms with van der Waals surface area (Å²) < 4.78 is 38.7. The number of carbonyl (C=O) groups is 2. The van der Waals surface area contributed by atoms with Gasteiger partial charge in [-0.2, -0.15) is 0 Å². The molecule has 1 amide bonds. The summed E-state index contributed by atoms with van der Waals surface area (Å²) in [6.45, 7) is 4.21. The van der Waals surface area contributed by atoms with Gasteiger partial charge in [-0.1, -0.05) is 152 Å². The van der Waals surface area contributed by atoms with E-state index in [4.69, 9.17) is 28.4 Å². The van der Waals surface area contributed by atoms with E-state index in [1.54, 1.807) is 6.92 Å². The van der Waals surface area contributed by atoms with Crippen molar-refractivity contribution in [1.29, 1.82) is 0 Å². The second kappa shape index (κ2) is 20.5. The highest BCUT2D eigenvalue weighted by atomic mass is 16.7. The summed E-state index contributed by atoms with van der Waals surface area (Å²) in [4.78, 5) is 27.6. The van der Waals surface area contributed by atoms with Crippen molar-refractivity contribution in [2.45, 2.75) is 89.5 Å². The van der Waals surface area contributed by atoms with Gasteiger partial charge < -0.3 is 33.7 Å². The molecule has 1 fully saturated rings. The van der Waals surface area contributed by atoms with E-state index in [2.05, 4.69) is 5.32 Å². The Bertz CT molecular complexity index is 1860. The van der Waals surface area contributed by atoms with E-state index in [1.165, 1.54) is 0 Å². The van der Waals surface area contributed by atoms with Crippen LogP contribution < -0.4 is 5.32 Å². The Morgan fingerprint density at radius 2 is 0.909 bits per heavy atom. The highest BCUT2D eigenvalue weighted by Gasteiger charge is 2.52. The molecule has 5 aromatic rings. The minimum Gasteiger partial charge on any atom is -0.451 e. The molecule has 0 radical (unpaired) electrons. The van der Waals surface area contributed by atoms with Gasteiger partial charge >= 0.3 is 5.97 Å². The Balaban J connectivity index is 1.28. The van der Waals surface area contributed by atoms with Crippen LogP contribution in [0.4, 0.5) is 0 Å². The summed E-state index contributed by atoms with van der Waals surface area (Å²) in [5, 5.41) is 2.97. The molecular formula is C46H49NO8. The normalized spacial score (nSPS) is 20.6. The van der Waals surface area contributed by atoms with Gasteiger partial charge in [-0.15, -0.1) is 0 Å².